The second-order valence-electron chi connectivity index (χ2n) is 2.71. The van der Waals surface area contributed by atoms with E-state index in [1.807, 2.05) is 0 Å². The van der Waals surface area contributed by atoms with E-state index >= 15 is 0 Å². The minimum atomic E-state index is -4.77. The van der Waals surface area contributed by atoms with E-state index in [0.717, 1.165) is 7.11 Å². The van der Waals surface area contributed by atoms with Gasteiger partial charge in [0.1, 0.15) is 5.69 Å². The normalized spacial score (nSPS) is 12.0. The SMILES string of the molecule is COc1nc(C(F)(F)F)cc(Cl)c1C(F)F. The molecular formula is C8H5ClF5NO. The quantitative estimate of drug-likeness (QED) is 0.757. The number of rotatable bonds is 2. The molecule has 0 atom stereocenters. The molecule has 0 aliphatic carbocycles. The second kappa shape index (κ2) is 4.40. The highest BCUT2D eigenvalue weighted by Crippen LogP contribution is 2.38. The maximum absolute atomic E-state index is 12.4. The first kappa shape index (κ1) is 13.0. The molecule has 0 fully saturated rings. The molecule has 0 aromatic carbocycles. The van der Waals surface area contributed by atoms with E-state index in [0.29, 0.717) is 6.07 Å². The topological polar surface area (TPSA) is 22.1 Å². The van der Waals surface area contributed by atoms with Crippen molar-refractivity contribution in [1.29, 1.82) is 0 Å². The number of hydrogen-bond donors (Lipinski definition) is 0. The number of halogens is 6. The van der Waals surface area contributed by atoms with E-state index in [1.54, 1.807) is 0 Å². The largest absolute Gasteiger partial charge is 0.481 e. The van der Waals surface area contributed by atoms with Crippen molar-refractivity contribution < 1.29 is 26.7 Å². The minimum absolute atomic E-state index is 0.339. The third kappa shape index (κ3) is 2.52. The second-order valence-corrected chi connectivity index (χ2v) is 3.12. The lowest BCUT2D eigenvalue weighted by atomic mass is 10.2. The molecular weight excluding hydrogens is 257 g/mol. The Labute approximate surface area is 92.0 Å². The molecule has 1 aromatic rings. The summed E-state index contributed by atoms with van der Waals surface area (Å²) in [6.45, 7) is 0. The summed E-state index contributed by atoms with van der Waals surface area (Å²) in [5.74, 6) is -0.824. The highest BCUT2D eigenvalue weighted by atomic mass is 35.5. The fourth-order valence-electron chi connectivity index (χ4n) is 1.00. The zero-order valence-electron chi connectivity index (χ0n) is 7.78. The van der Waals surface area contributed by atoms with Crippen LogP contribution in [0, 0.1) is 0 Å². The molecule has 0 aliphatic heterocycles. The van der Waals surface area contributed by atoms with Gasteiger partial charge in [-0.3, -0.25) is 0 Å². The molecule has 0 saturated carbocycles. The van der Waals surface area contributed by atoms with Gasteiger partial charge in [-0.2, -0.15) is 13.2 Å². The van der Waals surface area contributed by atoms with E-state index in [4.69, 9.17) is 11.6 Å². The molecule has 0 spiro atoms. The van der Waals surface area contributed by atoms with Crippen LogP contribution in [0.3, 0.4) is 0 Å². The Kier molecular flexibility index (Phi) is 3.57. The summed E-state index contributed by atoms with van der Waals surface area (Å²) < 4.78 is 65.9. The molecule has 2 nitrogen and oxygen atoms in total. The molecule has 1 aromatic heterocycles. The van der Waals surface area contributed by atoms with Crippen LogP contribution in [0.5, 0.6) is 5.88 Å². The average molecular weight is 262 g/mol. The number of alkyl halides is 5. The van der Waals surface area contributed by atoms with Gasteiger partial charge in [0.15, 0.2) is 0 Å². The third-order valence-electron chi connectivity index (χ3n) is 1.68. The molecule has 1 rings (SSSR count). The van der Waals surface area contributed by atoms with Gasteiger partial charge < -0.3 is 4.74 Å². The average Bonchev–Trinajstić information content (AvgIpc) is 2.14. The molecule has 0 aliphatic rings. The van der Waals surface area contributed by atoms with Crippen molar-refractivity contribution in [2.75, 3.05) is 7.11 Å². The summed E-state index contributed by atoms with van der Waals surface area (Å²) in [4.78, 5) is 2.93. The standard InChI is InChI=1S/C8H5ClF5NO/c1-16-7-5(6(10)11)3(9)2-4(15-7)8(12,13)14/h2,6H,1H3. The van der Waals surface area contributed by atoms with Gasteiger partial charge in [0, 0.05) is 0 Å². The smallest absolute Gasteiger partial charge is 0.433 e. The predicted octanol–water partition coefficient (Wildman–Crippen LogP) is 3.70. The highest BCUT2D eigenvalue weighted by Gasteiger charge is 2.35. The van der Waals surface area contributed by atoms with Crippen LogP contribution in [-0.4, -0.2) is 12.1 Å². The van der Waals surface area contributed by atoms with E-state index in [1.165, 1.54) is 0 Å². The Hall–Kier alpha value is -1.11. The molecule has 0 bridgehead atoms. The molecule has 0 radical (unpaired) electrons. The molecule has 8 heteroatoms. The molecule has 0 N–H and O–H groups in total. The summed E-state index contributed by atoms with van der Waals surface area (Å²) in [6.07, 6.45) is -7.82. The van der Waals surface area contributed by atoms with E-state index < -0.39 is 34.8 Å². The lowest BCUT2D eigenvalue weighted by Crippen LogP contribution is -2.10. The maximum Gasteiger partial charge on any atom is 0.433 e. The van der Waals surface area contributed by atoms with Crippen LogP contribution in [0.25, 0.3) is 0 Å². The summed E-state index contributed by atoms with van der Waals surface area (Å²) in [6, 6.07) is 0.339. The Bertz CT molecular complexity index is 393. The van der Waals surface area contributed by atoms with Crippen LogP contribution in [0.15, 0.2) is 6.07 Å². The first-order chi connectivity index (χ1) is 7.27. The Morgan fingerprint density at radius 2 is 1.94 bits per heavy atom. The van der Waals surface area contributed by atoms with Gasteiger partial charge in [-0.15, -0.1) is 0 Å². The number of aromatic nitrogens is 1. The molecule has 0 amide bonds. The van der Waals surface area contributed by atoms with Gasteiger partial charge in [-0.1, -0.05) is 11.6 Å². The fraction of sp³-hybridized carbons (Fsp3) is 0.375. The number of ether oxygens (including phenoxy) is 1. The van der Waals surface area contributed by atoms with Crippen LogP contribution in [0.1, 0.15) is 17.7 Å². The van der Waals surface area contributed by atoms with Crippen LogP contribution in [0.4, 0.5) is 22.0 Å². The van der Waals surface area contributed by atoms with Crippen molar-refractivity contribution in [3.8, 4) is 5.88 Å². The predicted molar refractivity (Wildman–Crippen MR) is 45.8 cm³/mol. The highest BCUT2D eigenvalue weighted by molar-refractivity contribution is 6.31. The Morgan fingerprint density at radius 3 is 2.31 bits per heavy atom. The zero-order chi connectivity index (χ0) is 12.5. The van der Waals surface area contributed by atoms with E-state index in [-0.39, 0.29) is 0 Å². The number of hydrogen-bond acceptors (Lipinski definition) is 2. The number of pyridine rings is 1. The van der Waals surface area contributed by atoms with Crippen molar-refractivity contribution in [2.45, 2.75) is 12.6 Å². The van der Waals surface area contributed by atoms with Gasteiger partial charge in [-0.25, -0.2) is 13.8 Å². The summed E-state index contributed by atoms with van der Waals surface area (Å²) in [5.41, 5.74) is -2.23. The van der Waals surface area contributed by atoms with Crippen LogP contribution in [0.2, 0.25) is 5.02 Å². The third-order valence-corrected chi connectivity index (χ3v) is 1.99. The maximum atomic E-state index is 12.4. The summed E-state index contributed by atoms with van der Waals surface area (Å²) in [7, 11) is 0.935. The van der Waals surface area contributed by atoms with Crippen LogP contribution in [-0.2, 0) is 6.18 Å². The fourth-order valence-corrected chi connectivity index (χ4v) is 1.27. The van der Waals surface area contributed by atoms with E-state index in [9.17, 15) is 22.0 Å². The van der Waals surface area contributed by atoms with Crippen molar-refractivity contribution in [2.24, 2.45) is 0 Å². The number of nitrogens with zero attached hydrogens (tertiary/aromatic N) is 1. The van der Waals surface area contributed by atoms with Crippen molar-refractivity contribution in [1.82, 2.24) is 4.98 Å². The molecule has 0 unspecified atom stereocenters. The molecule has 16 heavy (non-hydrogen) atoms. The van der Waals surface area contributed by atoms with Crippen molar-refractivity contribution in [3.63, 3.8) is 0 Å². The van der Waals surface area contributed by atoms with Crippen LogP contribution < -0.4 is 4.74 Å². The summed E-state index contributed by atoms with van der Waals surface area (Å²) in [5, 5.41) is -0.728. The van der Waals surface area contributed by atoms with E-state index in [2.05, 4.69) is 9.72 Å². The van der Waals surface area contributed by atoms with Gasteiger partial charge in [0.2, 0.25) is 5.88 Å². The lowest BCUT2D eigenvalue weighted by molar-refractivity contribution is -0.141. The molecule has 90 valence electrons. The summed E-state index contributed by atoms with van der Waals surface area (Å²) >= 11 is 5.31. The lowest BCUT2D eigenvalue weighted by Gasteiger charge is -2.12. The Morgan fingerprint density at radius 1 is 1.38 bits per heavy atom. The first-order valence-corrected chi connectivity index (χ1v) is 4.25. The van der Waals surface area contributed by atoms with Crippen LogP contribution >= 0.6 is 11.6 Å². The minimum Gasteiger partial charge on any atom is -0.481 e. The van der Waals surface area contributed by atoms with Gasteiger partial charge in [-0.05, 0) is 6.07 Å². The molecule has 1 heterocycles. The van der Waals surface area contributed by atoms with Crippen molar-refractivity contribution in [3.05, 3.63) is 22.3 Å². The van der Waals surface area contributed by atoms with Gasteiger partial charge in [0.25, 0.3) is 6.43 Å². The number of methoxy groups -OCH3 is 1. The zero-order valence-corrected chi connectivity index (χ0v) is 8.53. The molecule has 0 saturated heterocycles. The Balaban J connectivity index is 3.38. The monoisotopic (exact) mass is 261 g/mol. The van der Waals surface area contributed by atoms with Gasteiger partial charge in [0.05, 0.1) is 17.7 Å². The van der Waals surface area contributed by atoms with Crippen molar-refractivity contribution >= 4 is 11.6 Å². The first-order valence-electron chi connectivity index (χ1n) is 3.87. The van der Waals surface area contributed by atoms with Gasteiger partial charge >= 0.3 is 6.18 Å².